The van der Waals surface area contributed by atoms with Crippen LogP contribution in [0.1, 0.15) is 19.3 Å². The number of hydrogen-bond donors (Lipinski definition) is 1. The average molecular weight is 277 g/mol. The van der Waals surface area contributed by atoms with E-state index in [0.29, 0.717) is 6.04 Å². The maximum absolute atomic E-state index is 13.5. The molecule has 4 nitrogen and oxygen atoms in total. The number of amides is 2. The third kappa shape index (κ3) is 2.77. The second-order valence-corrected chi connectivity index (χ2v) is 5.54. The van der Waals surface area contributed by atoms with Crippen LogP contribution in [0.3, 0.4) is 0 Å². The van der Waals surface area contributed by atoms with Gasteiger partial charge in [-0.25, -0.2) is 9.18 Å². The van der Waals surface area contributed by atoms with E-state index in [2.05, 4.69) is 10.2 Å². The first-order valence-electron chi connectivity index (χ1n) is 7.28. The number of para-hydroxylation sites is 1. The van der Waals surface area contributed by atoms with Crippen molar-refractivity contribution in [2.75, 3.05) is 31.5 Å². The Bertz CT molecular complexity index is 488. The molecule has 0 bridgehead atoms. The maximum atomic E-state index is 13.5. The minimum Gasteiger partial charge on any atom is -0.323 e. The summed E-state index contributed by atoms with van der Waals surface area (Å²) in [6.07, 6.45) is 3.54. The highest BCUT2D eigenvalue weighted by Crippen LogP contribution is 2.21. The molecule has 2 heterocycles. The van der Waals surface area contributed by atoms with Crippen molar-refractivity contribution in [2.45, 2.75) is 25.3 Å². The fourth-order valence-electron chi connectivity index (χ4n) is 3.09. The van der Waals surface area contributed by atoms with Gasteiger partial charge in [0.1, 0.15) is 5.82 Å². The number of urea groups is 1. The highest BCUT2D eigenvalue weighted by atomic mass is 19.1. The Morgan fingerprint density at radius 1 is 1.20 bits per heavy atom. The van der Waals surface area contributed by atoms with Crippen LogP contribution in [0.5, 0.6) is 0 Å². The van der Waals surface area contributed by atoms with Crippen molar-refractivity contribution in [1.29, 1.82) is 0 Å². The highest BCUT2D eigenvalue weighted by molar-refractivity contribution is 5.89. The van der Waals surface area contributed by atoms with Gasteiger partial charge in [0.25, 0.3) is 0 Å². The Labute approximate surface area is 118 Å². The molecule has 0 radical (unpaired) electrons. The van der Waals surface area contributed by atoms with Crippen LogP contribution in [0, 0.1) is 5.82 Å². The molecule has 2 aliphatic rings. The number of carbonyl (C=O) groups is 1. The van der Waals surface area contributed by atoms with Crippen LogP contribution in [0.2, 0.25) is 0 Å². The van der Waals surface area contributed by atoms with Crippen LogP contribution in [0.25, 0.3) is 0 Å². The van der Waals surface area contributed by atoms with E-state index in [0.717, 1.165) is 32.6 Å². The van der Waals surface area contributed by atoms with Crippen molar-refractivity contribution < 1.29 is 9.18 Å². The van der Waals surface area contributed by atoms with Gasteiger partial charge < -0.3 is 10.2 Å². The molecule has 1 aromatic carbocycles. The molecule has 0 saturated carbocycles. The summed E-state index contributed by atoms with van der Waals surface area (Å²) >= 11 is 0. The SMILES string of the molecule is O=C(Nc1ccccc1F)N1CCC(N2CCCC2)C1. The van der Waals surface area contributed by atoms with Gasteiger partial charge in [0, 0.05) is 19.1 Å². The van der Waals surface area contributed by atoms with E-state index in [1.165, 1.54) is 18.9 Å². The standard InChI is InChI=1S/C15H20FN3O/c16-13-5-1-2-6-14(13)17-15(20)19-10-7-12(11-19)18-8-3-4-9-18/h1-2,5-6,12H,3-4,7-11H2,(H,17,20). The number of likely N-dealkylation sites (tertiary alicyclic amines) is 2. The Balaban J connectivity index is 1.57. The van der Waals surface area contributed by atoms with Gasteiger partial charge in [0.2, 0.25) is 0 Å². The van der Waals surface area contributed by atoms with Gasteiger partial charge in [-0.1, -0.05) is 12.1 Å². The number of nitrogens with one attached hydrogen (secondary N) is 1. The summed E-state index contributed by atoms with van der Waals surface area (Å²) in [6, 6.07) is 6.55. The van der Waals surface area contributed by atoms with E-state index in [4.69, 9.17) is 0 Å². The second kappa shape index (κ2) is 5.79. The number of carbonyl (C=O) groups excluding carboxylic acids is 1. The van der Waals surface area contributed by atoms with Crippen molar-refractivity contribution in [3.8, 4) is 0 Å². The predicted molar refractivity (Wildman–Crippen MR) is 76.2 cm³/mol. The molecule has 2 fully saturated rings. The first-order valence-corrected chi connectivity index (χ1v) is 7.28. The number of anilines is 1. The van der Waals surface area contributed by atoms with Gasteiger partial charge in [0.05, 0.1) is 5.69 Å². The zero-order valence-corrected chi connectivity index (χ0v) is 11.5. The van der Waals surface area contributed by atoms with Gasteiger partial charge in [-0.15, -0.1) is 0 Å². The summed E-state index contributed by atoms with van der Waals surface area (Å²) in [5.41, 5.74) is 0.252. The van der Waals surface area contributed by atoms with E-state index in [1.807, 2.05) is 0 Å². The lowest BCUT2D eigenvalue weighted by Gasteiger charge is -2.23. The van der Waals surface area contributed by atoms with E-state index < -0.39 is 5.82 Å². The monoisotopic (exact) mass is 277 g/mol. The molecule has 1 aromatic rings. The number of benzene rings is 1. The zero-order valence-electron chi connectivity index (χ0n) is 11.5. The normalized spacial score (nSPS) is 23.2. The second-order valence-electron chi connectivity index (χ2n) is 5.54. The molecule has 2 saturated heterocycles. The molecule has 1 unspecified atom stereocenters. The molecule has 108 valence electrons. The summed E-state index contributed by atoms with van der Waals surface area (Å²) in [5, 5.41) is 2.66. The molecule has 0 aromatic heterocycles. The molecule has 1 N–H and O–H groups in total. The summed E-state index contributed by atoms with van der Waals surface area (Å²) in [7, 11) is 0. The minimum absolute atomic E-state index is 0.197. The smallest absolute Gasteiger partial charge is 0.321 e. The first kappa shape index (κ1) is 13.4. The van der Waals surface area contributed by atoms with Crippen LogP contribution >= 0.6 is 0 Å². The summed E-state index contributed by atoms with van der Waals surface area (Å²) in [4.78, 5) is 16.4. The molecule has 5 heteroatoms. The minimum atomic E-state index is -0.392. The Morgan fingerprint density at radius 2 is 1.95 bits per heavy atom. The van der Waals surface area contributed by atoms with Gasteiger partial charge in [0.15, 0.2) is 0 Å². The Hall–Kier alpha value is -1.62. The molecule has 2 aliphatic heterocycles. The van der Waals surface area contributed by atoms with Crippen LogP contribution < -0.4 is 5.32 Å². The van der Waals surface area contributed by atoms with E-state index in [9.17, 15) is 9.18 Å². The molecular formula is C15H20FN3O. The van der Waals surface area contributed by atoms with Crippen LogP contribution in [-0.2, 0) is 0 Å². The largest absolute Gasteiger partial charge is 0.323 e. The number of hydrogen-bond acceptors (Lipinski definition) is 2. The van der Waals surface area contributed by atoms with Crippen LogP contribution in [-0.4, -0.2) is 48.1 Å². The van der Waals surface area contributed by atoms with Crippen LogP contribution in [0.4, 0.5) is 14.9 Å². The van der Waals surface area contributed by atoms with Crippen molar-refractivity contribution in [3.05, 3.63) is 30.1 Å². The molecule has 20 heavy (non-hydrogen) atoms. The van der Waals surface area contributed by atoms with Crippen molar-refractivity contribution >= 4 is 11.7 Å². The fourth-order valence-corrected chi connectivity index (χ4v) is 3.09. The summed E-state index contributed by atoms with van der Waals surface area (Å²) in [6.45, 7) is 3.79. The van der Waals surface area contributed by atoms with E-state index >= 15 is 0 Å². The van der Waals surface area contributed by atoms with Crippen molar-refractivity contribution in [1.82, 2.24) is 9.80 Å². The lowest BCUT2D eigenvalue weighted by Crippen LogP contribution is -2.38. The number of halogens is 1. The summed E-state index contributed by atoms with van der Waals surface area (Å²) < 4.78 is 13.5. The van der Waals surface area contributed by atoms with E-state index in [-0.39, 0.29) is 11.7 Å². The van der Waals surface area contributed by atoms with Gasteiger partial charge in [-0.05, 0) is 44.5 Å². The third-order valence-electron chi connectivity index (χ3n) is 4.22. The van der Waals surface area contributed by atoms with Gasteiger partial charge in [-0.2, -0.15) is 0 Å². The maximum Gasteiger partial charge on any atom is 0.321 e. The number of nitrogens with zero attached hydrogens (tertiary/aromatic N) is 2. The highest BCUT2D eigenvalue weighted by Gasteiger charge is 2.31. The van der Waals surface area contributed by atoms with E-state index in [1.54, 1.807) is 23.1 Å². The molecule has 2 amide bonds. The van der Waals surface area contributed by atoms with Gasteiger partial charge in [-0.3, -0.25) is 4.90 Å². The topological polar surface area (TPSA) is 35.6 Å². The molecule has 3 rings (SSSR count). The van der Waals surface area contributed by atoms with Crippen molar-refractivity contribution in [2.24, 2.45) is 0 Å². The van der Waals surface area contributed by atoms with Crippen LogP contribution in [0.15, 0.2) is 24.3 Å². The lowest BCUT2D eigenvalue weighted by atomic mass is 10.2. The predicted octanol–water partition coefficient (Wildman–Crippen LogP) is 2.53. The quantitative estimate of drug-likeness (QED) is 0.901. The fraction of sp³-hybridized carbons (Fsp3) is 0.533. The first-order chi connectivity index (χ1) is 9.74. The van der Waals surface area contributed by atoms with Crippen molar-refractivity contribution in [3.63, 3.8) is 0 Å². The summed E-state index contributed by atoms with van der Waals surface area (Å²) in [5.74, 6) is -0.392. The zero-order chi connectivity index (χ0) is 13.9. The Kier molecular flexibility index (Phi) is 3.87. The Morgan fingerprint density at radius 3 is 2.70 bits per heavy atom. The third-order valence-corrected chi connectivity index (χ3v) is 4.22. The molecule has 0 aliphatic carbocycles. The van der Waals surface area contributed by atoms with Gasteiger partial charge >= 0.3 is 6.03 Å². The molecule has 0 spiro atoms. The average Bonchev–Trinajstić information content (AvgIpc) is 3.11. The number of rotatable bonds is 2. The molecular weight excluding hydrogens is 257 g/mol. The molecule has 1 atom stereocenters. The lowest BCUT2D eigenvalue weighted by molar-refractivity contribution is 0.210.